The molecule has 0 spiro atoms. The summed E-state index contributed by atoms with van der Waals surface area (Å²) in [5.74, 6) is -0.421. The summed E-state index contributed by atoms with van der Waals surface area (Å²) in [5.41, 5.74) is 1.32. The normalized spacial score (nSPS) is 24.1. The third kappa shape index (κ3) is 7.34. The van der Waals surface area contributed by atoms with Crippen LogP contribution in [0.15, 0.2) is 18.5 Å². The molecule has 3 rings (SSSR count). The monoisotopic (exact) mass is 390 g/mol. The molecule has 2 heterocycles. The molecule has 152 valence electrons. The van der Waals surface area contributed by atoms with Gasteiger partial charge in [0.25, 0.3) is 0 Å². The van der Waals surface area contributed by atoms with Crippen molar-refractivity contribution in [3.8, 4) is 5.75 Å². The minimum atomic E-state index is -5.08. The molecule has 1 aromatic heterocycles. The van der Waals surface area contributed by atoms with E-state index in [-0.39, 0.29) is 0 Å². The first kappa shape index (κ1) is 21.4. The largest absolute Gasteiger partial charge is 0.490 e. The van der Waals surface area contributed by atoms with Gasteiger partial charge in [0.2, 0.25) is 0 Å². The fourth-order valence-electron chi connectivity index (χ4n) is 3.06. The topological polar surface area (TPSA) is 80.7 Å². The lowest BCUT2D eigenvalue weighted by Crippen LogP contribution is -2.28. The molecule has 1 aliphatic heterocycles. The van der Waals surface area contributed by atoms with Gasteiger partial charge in [-0.05, 0) is 55.7 Å². The fourth-order valence-corrected chi connectivity index (χ4v) is 3.06. The molecular formula is C18H25F3N2O4. The van der Waals surface area contributed by atoms with Gasteiger partial charge < -0.3 is 19.9 Å². The molecule has 27 heavy (non-hydrogen) atoms. The van der Waals surface area contributed by atoms with Gasteiger partial charge in [0.1, 0.15) is 12.4 Å². The first-order chi connectivity index (χ1) is 12.8. The average molecular weight is 390 g/mol. The summed E-state index contributed by atoms with van der Waals surface area (Å²) in [7, 11) is 1.77. The maximum Gasteiger partial charge on any atom is 0.490 e. The average Bonchev–Trinajstić information content (AvgIpc) is 3.21. The van der Waals surface area contributed by atoms with Crippen LogP contribution in [-0.4, -0.2) is 55.1 Å². The second-order valence-electron chi connectivity index (χ2n) is 6.74. The summed E-state index contributed by atoms with van der Waals surface area (Å²) in [4.78, 5) is 13.2. The maximum atomic E-state index is 10.6. The van der Waals surface area contributed by atoms with Crippen LogP contribution in [0.1, 0.15) is 37.2 Å². The van der Waals surface area contributed by atoms with Crippen LogP contribution in [0.4, 0.5) is 13.2 Å². The zero-order valence-corrected chi connectivity index (χ0v) is 15.2. The van der Waals surface area contributed by atoms with E-state index in [1.54, 1.807) is 7.11 Å². The van der Waals surface area contributed by atoms with Crippen molar-refractivity contribution in [3.05, 3.63) is 24.0 Å². The molecule has 0 bridgehead atoms. The van der Waals surface area contributed by atoms with Gasteiger partial charge in [0.15, 0.2) is 0 Å². The summed E-state index contributed by atoms with van der Waals surface area (Å²) in [6.07, 6.45) is 3.62. The number of methoxy groups -OCH3 is 1. The Balaban J connectivity index is 0.000000321. The second kappa shape index (κ2) is 9.89. The van der Waals surface area contributed by atoms with Gasteiger partial charge in [-0.2, -0.15) is 13.2 Å². The minimum Gasteiger partial charge on any atom is -0.490 e. The van der Waals surface area contributed by atoms with E-state index in [1.807, 2.05) is 12.4 Å². The molecule has 0 unspecified atom stereocenters. The van der Waals surface area contributed by atoms with Crippen molar-refractivity contribution in [1.82, 2.24) is 10.3 Å². The van der Waals surface area contributed by atoms with E-state index in [9.17, 15) is 13.2 Å². The number of alkyl halides is 3. The summed E-state index contributed by atoms with van der Waals surface area (Å²) in [6.45, 7) is 2.73. The molecule has 1 saturated carbocycles. The number of hydrogen-bond acceptors (Lipinski definition) is 5. The Kier molecular flexibility index (Phi) is 7.85. The zero-order valence-electron chi connectivity index (χ0n) is 15.2. The van der Waals surface area contributed by atoms with Gasteiger partial charge >= 0.3 is 12.1 Å². The van der Waals surface area contributed by atoms with E-state index in [0.29, 0.717) is 12.0 Å². The Labute approximate surface area is 156 Å². The van der Waals surface area contributed by atoms with Crippen molar-refractivity contribution < 1.29 is 32.5 Å². The van der Waals surface area contributed by atoms with E-state index in [2.05, 4.69) is 16.4 Å². The summed E-state index contributed by atoms with van der Waals surface area (Å²) >= 11 is 0. The smallest absolute Gasteiger partial charge is 0.490 e. The van der Waals surface area contributed by atoms with Crippen molar-refractivity contribution in [3.63, 3.8) is 0 Å². The standard InChI is InChI=1S/C16H24N2O2.C2HF3O2/c1-19-6-4-12-8-16(12)13-7-15(10-17-9-13)20-11-14-3-2-5-18-14;3-2(4,5)1(6)7/h7,9-10,12,14,16,18H,2-6,8,11H2,1H3;(H,6,7)/t12-,14-,16-;/m0./s1. The van der Waals surface area contributed by atoms with Crippen molar-refractivity contribution in [2.45, 2.75) is 43.8 Å². The van der Waals surface area contributed by atoms with Crippen molar-refractivity contribution >= 4 is 5.97 Å². The van der Waals surface area contributed by atoms with Gasteiger partial charge in [0, 0.05) is 26.0 Å². The van der Waals surface area contributed by atoms with Gasteiger partial charge in [0.05, 0.1) is 6.20 Å². The van der Waals surface area contributed by atoms with Crippen LogP contribution in [0.25, 0.3) is 0 Å². The second-order valence-corrected chi connectivity index (χ2v) is 6.74. The highest BCUT2D eigenvalue weighted by Gasteiger charge is 2.38. The van der Waals surface area contributed by atoms with E-state index in [1.165, 1.54) is 24.8 Å². The lowest BCUT2D eigenvalue weighted by molar-refractivity contribution is -0.192. The molecule has 2 N–H and O–H groups in total. The van der Waals surface area contributed by atoms with Crippen LogP contribution < -0.4 is 10.1 Å². The molecule has 6 nitrogen and oxygen atoms in total. The molecule has 1 saturated heterocycles. The third-order valence-corrected chi connectivity index (χ3v) is 4.63. The Morgan fingerprint density at radius 3 is 2.74 bits per heavy atom. The Morgan fingerprint density at radius 2 is 2.15 bits per heavy atom. The number of aromatic nitrogens is 1. The SMILES string of the molecule is COCC[C@H]1C[C@@H]1c1cncc(OC[C@@H]2CCCN2)c1.O=C(O)C(F)(F)F. The van der Waals surface area contributed by atoms with Gasteiger partial charge in [-0.25, -0.2) is 4.79 Å². The van der Waals surface area contributed by atoms with Gasteiger partial charge in [-0.1, -0.05) is 0 Å². The van der Waals surface area contributed by atoms with Crippen molar-refractivity contribution in [2.24, 2.45) is 5.92 Å². The number of ether oxygens (including phenoxy) is 2. The summed E-state index contributed by atoms with van der Waals surface area (Å²) < 4.78 is 42.8. The van der Waals surface area contributed by atoms with E-state index < -0.39 is 12.1 Å². The predicted octanol–water partition coefficient (Wildman–Crippen LogP) is 2.99. The number of nitrogens with one attached hydrogen (secondary N) is 1. The highest BCUT2D eigenvalue weighted by molar-refractivity contribution is 5.73. The highest BCUT2D eigenvalue weighted by Crippen LogP contribution is 2.49. The van der Waals surface area contributed by atoms with E-state index in [0.717, 1.165) is 37.8 Å². The lowest BCUT2D eigenvalue weighted by atomic mass is 10.1. The van der Waals surface area contributed by atoms with Gasteiger partial charge in [-0.3, -0.25) is 4.98 Å². The maximum absolute atomic E-state index is 10.6. The summed E-state index contributed by atoms with van der Waals surface area (Å²) in [5, 5.41) is 10.6. The van der Waals surface area contributed by atoms with Crippen LogP contribution in [0.5, 0.6) is 5.75 Å². The molecule has 9 heteroatoms. The number of rotatable bonds is 7. The number of carboxylic acids is 1. The molecule has 3 atom stereocenters. The Morgan fingerprint density at radius 1 is 1.41 bits per heavy atom. The van der Waals surface area contributed by atoms with Crippen LogP contribution in [0, 0.1) is 5.92 Å². The van der Waals surface area contributed by atoms with E-state index in [4.69, 9.17) is 19.4 Å². The van der Waals surface area contributed by atoms with E-state index >= 15 is 0 Å². The number of nitrogens with zero attached hydrogens (tertiary/aromatic N) is 1. The predicted molar refractivity (Wildman–Crippen MR) is 91.8 cm³/mol. The number of carbonyl (C=O) groups is 1. The number of carboxylic acid groups (broad SMARTS) is 1. The molecule has 2 fully saturated rings. The number of aliphatic carboxylic acids is 1. The molecule has 2 aliphatic rings. The first-order valence-electron chi connectivity index (χ1n) is 8.91. The van der Waals surface area contributed by atoms with Crippen molar-refractivity contribution in [1.29, 1.82) is 0 Å². The zero-order chi connectivity index (χ0) is 19.9. The molecule has 0 radical (unpaired) electrons. The molecule has 0 amide bonds. The quantitative estimate of drug-likeness (QED) is 0.745. The fraction of sp³-hybridized carbons (Fsp3) is 0.667. The van der Waals surface area contributed by atoms with Crippen LogP contribution in [0.2, 0.25) is 0 Å². The minimum absolute atomic E-state index is 0.508. The Bertz CT molecular complexity index is 607. The first-order valence-corrected chi connectivity index (χ1v) is 8.91. The molecule has 1 aromatic rings. The molecule has 1 aliphatic carbocycles. The van der Waals surface area contributed by atoms with Gasteiger partial charge in [-0.15, -0.1) is 0 Å². The number of hydrogen-bond donors (Lipinski definition) is 2. The Hall–Kier alpha value is -1.87. The number of halogens is 3. The highest BCUT2D eigenvalue weighted by atomic mass is 19.4. The lowest BCUT2D eigenvalue weighted by Gasteiger charge is -2.12. The van der Waals surface area contributed by atoms with Crippen molar-refractivity contribution in [2.75, 3.05) is 26.9 Å². The molecular weight excluding hydrogens is 365 g/mol. The van der Waals surface area contributed by atoms with Crippen LogP contribution in [-0.2, 0) is 9.53 Å². The molecule has 0 aromatic carbocycles. The third-order valence-electron chi connectivity index (χ3n) is 4.63. The van der Waals surface area contributed by atoms with Crippen LogP contribution >= 0.6 is 0 Å². The number of pyridine rings is 1. The van der Waals surface area contributed by atoms with Crippen LogP contribution in [0.3, 0.4) is 0 Å². The summed E-state index contributed by atoms with van der Waals surface area (Å²) in [6, 6.07) is 2.67.